The number of ketones is 1. The Kier molecular flexibility index (Phi) is 8.58. The molecule has 106 valence electrons. The molecule has 0 aromatic carbocycles. The van der Waals surface area contributed by atoms with Crippen molar-refractivity contribution in [2.24, 2.45) is 17.4 Å². The molecule has 0 aromatic rings. The number of nitrogens with two attached hydrogens (primary N) is 2. The second-order valence-corrected chi connectivity index (χ2v) is 4.94. The van der Waals surface area contributed by atoms with Crippen molar-refractivity contribution in [1.82, 2.24) is 5.32 Å². The van der Waals surface area contributed by atoms with Gasteiger partial charge < -0.3 is 16.8 Å². The number of unbranched alkanes of at least 4 members (excludes halogenated alkanes) is 1. The van der Waals surface area contributed by atoms with Crippen LogP contribution in [-0.4, -0.2) is 30.3 Å². The molecule has 5 heteroatoms. The summed E-state index contributed by atoms with van der Waals surface area (Å²) in [5, 5.41) is 2.75. The summed E-state index contributed by atoms with van der Waals surface area (Å²) < 4.78 is 0. The summed E-state index contributed by atoms with van der Waals surface area (Å²) in [5.74, 6) is -0.132. The monoisotopic (exact) mass is 257 g/mol. The quantitative estimate of drug-likeness (QED) is 0.526. The Morgan fingerprint density at radius 3 is 2.28 bits per heavy atom. The van der Waals surface area contributed by atoms with Gasteiger partial charge in [0.05, 0.1) is 12.1 Å². The normalized spacial score (nSPS) is 14.3. The van der Waals surface area contributed by atoms with Gasteiger partial charge in [-0.1, -0.05) is 20.8 Å². The number of hydrogen-bond donors (Lipinski definition) is 3. The van der Waals surface area contributed by atoms with Gasteiger partial charge in [0, 0.05) is 6.42 Å². The lowest BCUT2D eigenvalue weighted by Gasteiger charge is -2.21. The van der Waals surface area contributed by atoms with Gasteiger partial charge in [-0.05, 0) is 31.7 Å². The first-order valence-electron chi connectivity index (χ1n) is 6.72. The van der Waals surface area contributed by atoms with Crippen LogP contribution < -0.4 is 16.8 Å². The third-order valence-corrected chi connectivity index (χ3v) is 3.02. The van der Waals surface area contributed by atoms with E-state index in [1.807, 2.05) is 13.8 Å². The van der Waals surface area contributed by atoms with Gasteiger partial charge in [0.1, 0.15) is 0 Å². The van der Waals surface area contributed by atoms with Crippen molar-refractivity contribution in [3.8, 4) is 0 Å². The molecule has 0 fully saturated rings. The van der Waals surface area contributed by atoms with E-state index in [1.54, 1.807) is 6.92 Å². The van der Waals surface area contributed by atoms with Gasteiger partial charge in [-0.15, -0.1) is 0 Å². The predicted octanol–water partition coefficient (Wildman–Crippen LogP) is 0.563. The molecule has 1 amide bonds. The first kappa shape index (κ1) is 17.1. The molecule has 5 N–H and O–H groups in total. The van der Waals surface area contributed by atoms with E-state index in [4.69, 9.17) is 11.5 Å². The van der Waals surface area contributed by atoms with Gasteiger partial charge in [0.15, 0.2) is 5.78 Å². The number of rotatable bonds is 9. The van der Waals surface area contributed by atoms with Crippen LogP contribution in [-0.2, 0) is 9.59 Å². The molecular weight excluding hydrogens is 230 g/mol. The average molecular weight is 257 g/mol. The summed E-state index contributed by atoms with van der Waals surface area (Å²) in [6, 6.07) is -0.981. The molecule has 0 saturated carbocycles. The van der Waals surface area contributed by atoms with E-state index in [9.17, 15) is 9.59 Å². The Morgan fingerprint density at radius 2 is 1.83 bits per heavy atom. The maximum Gasteiger partial charge on any atom is 0.237 e. The molecule has 0 heterocycles. The van der Waals surface area contributed by atoms with Crippen molar-refractivity contribution in [2.45, 2.75) is 58.5 Å². The highest BCUT2D eigenvalue weighted by molar-refractivity contribution is 5.90. The highest BCUT2D eigenvalue weighted by Gasteiger charge is 2.23. The summed E-state index contributed by atoms with van der Waals surface area (Å²) in [6.07, 6.45) is 2.76. The number of Topliss-reactive ketones (excluding diaryl/α,β-unsaturated/α-hetero) is 1. The zero-order valence-corrected chi connectivity index (χ0v) is 11.7. The molecule has 0 saturated heterocycles. The Balaban J connectivity index is 4.39. The van der Waals surface area contributed by atoms with Crippen molar-refractivity contribution >= 4 is 11.7 Å². The third kappa shape index (κ3) is 6.12. The van der Waals surface area contributed by atoms with Crippen LogP contribution in [0.2, 0.25) is 0 Å². The zero-order chi connectivity index (χ0) is 14.1. The molecule has 0 aliphatic rings. The van der Waals surface area contributed by atoms with E-state index in [2.05, 4.69) is 5.32 Å². The summed E-state index contributed by atoms with van der Waals surface area (Å²) in [6.45, 7) is 6.17. The lowest BCUT2D eigenvalue weighted by Crippen LogP contribution is -2.50. The molecule has 0 aliphatic carbocycles. The van der Waals surface area contributed by atoms with Gasteiger partial charge in [0.25, 0.3) is 0 Å². The molecule has 0 aromatic heterocycles. The topological polar surface area (TPSA) is 98.2 Å². The van der Waals surface area contributed by atoms with Gasteiger partial charge in [-0.3, -0.25) is 9.59 Å². The summed E-state index contributed by atoms with van der Waals surface area (Å²) in [7, 11) is 0. The Bertz CT molecular complexity index is 267. The van der Waals surface area contributed by atoms with Crippen molar-refractivity contribution in [3.63, 3.8) is 0 Å². The standard InChI is InChI=1S/C13H27N3O2/c1-4-11(17)10(7-5-6-8-14)16-13(18)12(15)9(2)3/h9-10,12H,4-8,14-15H2,1-3H3,(H,16,18). The molecule has 0 spiro atoms. The lowest BCUT2D eigenvalue weighted by molar-refractivity contribution is -0.129. The Hall–Kier alpha value is -0.940. The molecule has 0 bridgehead atoms. The summed E-state index contributed by atoms with van der Waals surface area (Å²) in [4.78, 5) is 23.6. The van der Waals surface area contributed by atoms with Crippen molar-refractivity contribution in [2.75, 3.05) is 6.54 Å². The van der Waals surface area contributed by atoms with Gasteiger partial charge in [-0.25, -0.2) is 0 Å². The SMILES string of the molecule is CCC(=O)C(CCCCN)NC(=O)C(N)C(C)C. The van der Waals surface area contributed by atoms with Crippen LogP contribution in [0.4, 0.5) is 0 Å². The van der Waals surface area contributed by atoms with E-state index in [1.165, 1.54) is 0 Å². The molecule has 0 rings (SSSR count). The third-order valence-electron chi connectivity index (χ3n) is 3.02. The minimum absolute atomic E-state index is 0.0522. The van der Waals surface area contributed by atoms with Crippen LogP contribution >= 0.6 is 0 Å². The van der Waals surface area contributed by atoms with Crippen LogP contribution in [0.1, 0.15) is 46.5 Å². The van der Waals surface area contributed by atoms with E-state index in [-0.39, 0.29) is 17.6 Å². The molecule has 2 unspecified atom stereocenters. The second-order valence-electron chi connectivity index (χ2n) is 4.94. The molecular formula is C13H27N3O2. The molecule has 18 heavy (non-hydrogen) atoms. The van der Waals surface area contributed by atoms with Gasteiger partial charge in [0.2, 0.25) is 5.91 Å². The van der Waals surface area contributed by atoms with E-state index in [0.29, 0.717) is 19.4 Å². The van der Waals surface area contributed by atoms with Gasteiger partial charge >= 0.3 is 0 Å². The van der Waals surface area contributed by atoms with Crippen LogP contribution in [0.3, 0.4) is 0 Å². The van der Waals surface area contributed by atoms with Crippen molar-refractivity contribution in [3.05, 3.63) is 0 Å². The fourth-order valence-electron chi connectivity index (χ4n) is 1.62. The van der Waals surface area contributed by atoms with Crippen LogP contribution in [0.15, 0.2) is 0 Å². The van der Waals surface area contributed by atoms with E-state index in [0.717, 1.165) is 12.8 Å². The summed E-state index contributed by atoms with van der Waals surface area (Å²) >= 11 is 0. The largest absolute Gasteiger partial charge is 0.345 e. The lowest BCUT2D eigenvalue weighted by atomic mass is 10.0. The second kappa shape index (κ2) is 9.05. The first-order chi connectivity index (χ1) is 8.43. The minimum Gasteiger partial charge on any atom is -0.345 e. The van der Waals surface area contributed by atoms with Crippen LogP contribution in [0.25, 0.3) is 0 Å². The number of nitrogens with one attached hydrogen (secondary N) is 1. The molecule has 0 radical (unpaired) electrons. The number of amides is 1. The average Bonchev–Trinajstić information content (AvgIpc) is 2.35. The highest BCUT2D eigenvalue weighted by Crippen LogP contribution is 2.06. The smallest absolute Gasteiger partial charge is 0.237 e. The zero-order valence-electron chi connectivity index (χ0n) is 11.7. The van der Waals surface area contributed by atoms with Crippen LogP contribution in [0.5, 0.6) is 0 Å². The fourth-order valence-corrected chi connectivity index (χ4v) is 1.62. The Labute approximate surface area is 110 Å². The maximum absolute atomic E-state index is 11.8. The minimum atomic E-state index is -0.563. The van der Waals surface area contributed by atoms with Gasteiger partial charge in [-0.2, -0.15) is 0 Å². The predicted molar refractivity (Wildman–Crippen MR) is 72.9 cm³/mol. The van der Waals surface area contributed by atoms with E-state index < -0.39 is 12.1 Å². The highest BCUT2D eigenvalue weighted by atomic mass is 16.2. The van der Waals surface area contributed by atoms with Crippen molar-refractivity contribution < 1.29 is 9.59 Å². The molecule has 5 nitrogen and oxygen atoms in total. The first-order valence-corrected chi connectivity index (χ1v) is 6.72. The van der Waals surface area contributed by atoms with E-state index >= 15 is 0 Å². The number of carbonyl (C=O) groups is 2. The number of hydrogen-bond acceptors (Lipinski definition) is 4. The Morgan fingerprint density at radius 1 is 1.22 bits per heavy atom. The molecule has 2 atom stereocenters. The summed E-state index contributed by atoms with van der Waals surface area (Å²) in [5.41, 5.74) is 11.2. The number of carbonyl (C=O) groups excluding carboxylic acids is 2. The van der Waals surface area contributed by atoms with Crippen LogP contribution in [0, 0.1) is 5.92 Å². The van der Waals surface area contributed by atoms with Crippen molar-refractivity contribution in [1.29, 1.82) is 0 Å². The fraction of sp³-hybridized carbons (Fsp3) is 0.846. The maximum atomic E-state index is 11.8. The molecule has 0 aliphatic heterocycles.